The van der Waals surface area contributed by atoms with Gasteiger partial charge in [0.1, 0.15) is 0 Å². The number of nitrogens with two attached hydrogens (primary N) is 1. The smallest absolute Gasteiger partial charge is 0.272 e. The first kappa shape index (κ1) is 10.9. The van der Waals surface area contributed by atoms with Crippen LogP contribution in [-0.4, -0.2) is 42.0 Å². The number of rotatable bonds is 2. The highest BCUT2D eigenvalue weighted by atomic mass is 16.2. The Bertz CT molecular complexity index is 393. The number of nitrogens with zero attached hydrogens (tertiary/aromatic N) is 2. The summed E-state index contributed by atoms with van der Waals surface area (Å²) >= 11 is 0. The number of nitrogens with one attached hydrogen (secondary N) is 1. The van der Waals surface area contributed by atoms with Crippen molar-refractivity contribution in [3.63, 3.8) is 0 Å². The predicted molar refractivity (Wildman–Crippen MR) is 62.0 cm³/mol. The highest BCUT2D eigenvalue weighted by Crippen LogP contribution is 2.10. The summed E-state index contributed by atoms with van der Waals surface area (Å²) in [6, 6.07) is 3.61. The number of carbonyl (C=O) groups excluding carboxylic acids is 1. The number of pyridine rings is 1. The lowest BCUT2D eigenvalue weighted by Gasteiger charge is -2.13. The number of anilines is 1. The van der Waals surface area contributed by atoms with Gasteiger partial charge in [-0.15, -0.1) is 0 Å². The summed E-state index contributed by atoms with van der Waals surface area (Å²) in [7, 11) is 2.04. The van der Waals surface area contributed by atoms with Gasteiger partial charge in [-0.25, -0.2) is 4.98 Å². The van der Waals surface area contributed by atoms with Crippen LogP contribution in [0.4, 0.5) is 5.69 Å². The van der Waals surface area contributed by atoms with Crippen molar-refractivity contribution in [1.29, 1.82) is 0 Å². The van der Waals surface area contributed by atoms with Crippen molar-refractivity contribution in [3.05, 3.63) is 24.0 Å². The van der Waals surface area contributed by atoms with Gasteiger partial charge >= 0.3 is 0 Å². The third-order valence-electron chi connectivity index (χ3n) is 2.78. The Balaban J connectivity index is 2.01. The van der Waals surface area contributed by atoms with E-state index in [2.05, 4.69) is 15.2 Å². The Hall–Kier alpha value is -1.62. The van der Waals surface area contributed by atoms with E-state index in [4.69, 9.17) is 5.73 Å². The minimum atomic E-state index is -0.182. The highest BCUT2D eigenvalue weighted by Gasteiger charge is 2.22. The molecule has 0 spiro atoms. The van der Waals surface area contributed by atoms with Gasteiger partial charge in [-0.1, -0.05) is 0 Å². The van der Waals surface area contributed by atoms with Crippen LogP contribution >= 0.6 is 0 Å². The minimum absolute atomic E-state index is 0.182. The molecule has 0 saturated carbocycles. The SMILES string of the molecule is CN1CCC(NC(=O)c2ncccc2N)C1. The molecule has 1 aliphatic rings. The summed E-state index contributed by atoms with van der Waals surface area (Å²) in [5, 5.41) is 2.94. The quantitative estimate of drug-likeness (QED) is 0.741. The van der Waals surface area contributed by atoms with E-state index in [-0.39, 0.29) is 11.9 Å². The van der Waals surface area contributed by atoms with Crippen LogP contribution in [0.2, 0.25) is 0 Å². The highest BCUT2D eigenvalue weighted by molar-refractivity contribution is 5.97. The molecule has 0 radical (unpaired) electrons. The van der Waals surface area contributed by atoms with Crippen LogP contribution in [0.15, 0.2) is 18.3 Å². The predicted octanol–water partition coefficient (Wildman–Crippen LogP) is 0.0977. The lowest BCUT2D eigenvalue weighted by molar-refractivity contribution is 0.0934. The number of nitrogen functional groups attached to an aromatic ring is 1. The van der Waals surface area contributed by atoms with Crippen LogP contribution in [0.3, 0.4) is 0 Å². The van der Waals surface area contributed by atoms with E-state index in [0.717, 1.165) is 19.5 Å². The van der Waals surface area contributed by atoms with E-state index < -0.39 is 0 Å². The van der Waals surface area contributed by atoms with Crippen molar-refractivity contribution in [1.82, 2.24) is 15.2 Å². The molecule has 5 nitrogen and oxygen atoms in total. The standard InChI is InChI=1S/C11H16N4O/c1-15-6-4-8(7-15)14-11(16)10-9(12)3-2-5-13-10/h2-3,5,8H,4,6-7,12H2,1H3,(H,14,16). The second-order valence-corrected chi connectivity index (χ2v) is 4.16. The molecule has 1 aromatic heterocycles. The van der Waals surface area contributed by atoms with Crippen molar-refractivity contribution >= 4 is 11.6 Å². The average molecular weight is 220 g/mol. The number of aromatic nitrogens is 1. The topological polar surface area (TPSA) is 71.2 Å². The Labute approximate surface area is 94.6 Å². The van der Waals surface area contributed by atoms with E-state index >= 15 is 0 Å². The average Bonchev–Trinajstić information content (AvgIpc) is 2.64. The van der Waals surface area contributed by atoms with Gasteiger partial charge in [0.15, 0.2) is 5.69 Å². The molecule has 3 N–H and O–H groups in total. The molecule has 2 heterocycles. The van der Waals surface area contributed by atoms with Crippen molar-refractivity contribution in [2.24, 2.45) is 0 Å². The van der Waals surface area contributed by atoms with Crippen LogP contribution in [0, 0.1) is 0 Å². The number of hydrogen-bond acceptors (Lipinski definition) is 4. The zero-order valence-electron chi connectivity index (χ0n) is 9.31. The maximum absolute atomic E-state index is 11.9. The summed E-state index contributed by atoms with van der Waals surface area (Å²) in [6.45, 7) is 1.90. The van der Waals surface area contributed by atoms with Crippen molar-refractivity contribution in [2.75, 3.05) is 25.9 Å². The maximum Gasteiger partial charge on any atom is 0.272 e. The molecular weight excluding hydrogens is 204 g/mol. The molecule has 5 heteroatoms. The zero-order valence-corrected chi connectivity index (χ0v) is 9.31. The molecule has 1 atom stereocenters. The van der Waals surface area contributed by atoms with Crippen LogP contribution in [-0.2, 0) is 0 Å². The van der Waals surface area contributed by atoms with Crippen molar-refractivity contribution in [2.45, 2.75) is 12.5 Å². The lowest BCUT2D eigenvalue weighted by atomic mass is 10.2. The van der Waals surface area contributed by atoms with E-state index in [1.165, 1.54) is 0 Å². The van der Waals surface area contributed by atoms with Crippen LogP contribution in [0.25, 0.3) is 0 Å². The molecule has 1 fully saturated rings. The van der Waals surface area contributed by atoms with Gasteiger partial charge in [-0.2, -0.15) is 0 Å². The summed E-state index contributed by atoms with van der Waals surface area (Å²) < 4.78 is 0. The van der Waals surface area contributed by atoms with Crippen molar-refractivity contribution in [3.8, 4) is 0 Å². The first-order valence-electron chi connectivity index (χ1n) is 5.36. The van der Waals surface area contributed by atoms with Crippen LogP contribution < -0.4 is 11.1 Å². The first-order chi connectivity index (χ1) is 7.66. The molecule has 1 unspecified atom stereocenters. The molecule has 16 heavy (non-hydrogen) atoms. The van der Waals surface area contributed by atoms with Gasteiger partial charge in [0, 0.05) is 18.8 Å². The molecule has 0 bridgehead atoms. The van der Waals surface area contributed by atoms with Crippen LogP contribution in [0.5, 0.6) is 0 Å². The third-order valence-corrected chi connectivity index (χ3v) is 2.78. The van der Waals surface area contributed by atoms with Gasteiger partial charge in [0.05, 0.1) is 5.69 Å². The molecule has 1 amide bonds. The lowest BCUT2D eigenvalue weighted by Crippen LogP contribution is -2.37. The summed E-state index contributed by atoms with van der Waals surface area (Å²) in [4.78, 5) is 18.0. The molecular formula is C11H16N4O. The van der Waals surface area contributed by atoms with E-state index in [1.54, 1.807) is 18.3 Å². The van der Waals surface area contributed by atoms with Gasteiger partial charge in [-0.3, -0.25) is 4.79 Å². The van der Waals surface area contributed by atoms with Crippen LogP contribution in [0.1, 0.15) is 16.9 Å². The number of likely N-dealkylation sites (tertiary alicyclic amines) is 1. The Morgan fingerprint density at radius 2 is 2.50 bits per heavy atom. The first-order valence-corrected chi connectivity index (χ1v) is 5.36. The van der Waals surface area contributed by atoms with Crippen molar-refractivity contribution < 1.29 is 4.79 Å². The van der Waals surface area contributed by atoms with E-state index in [9.17, 15) is 4.79 Å². The largest absolute Gasteiger partial charge is 0.397 e. The van der Waals surface area contributed by atoms with E-state index in [1.807, 2.05) is 7.05 Å². The monoisotopic (exact) mass is 220 g/mol. The number of hydrogen-bond donors (Lipinski definition) is 2. The minimum Gasteiger partial charge on any atom is -0.397 e. The molecule has 1 aliphatic heterocycles. The summed E-state index contributed by atoms with van der Waals surface area (Å²) in [6.07, 6.45) is 2.56. The maximum atomic E-state index is 11.9. The number of amides is 1. The molecule has 2 rings (SSSR count). The summed E-state index contributed by atoms with van der Waals surface area (Å²) in [5.41, 5.74) is 6.43. The third kappa shape index (κ3) is 2.30. The van der Waals surface area contributed by atoms with Gasteiger partial charge < -0.3 is 16.0 Å². The zero-order chi connectivity index (χ0) is 11.5. The fourth-order valence-electron chi connectivity index (χ4n) is 1.91. The fraction of sp³-hybridized carbons (Fsp3) is 0.455. The molecule has 0 aliphatic carbocycles. The summed E-state index contributed by atoms with van der Waals surface area (Å²) in [5.74, 6) is -0.182. The Morgan fingerprint density at radius 1 is 1.69 bits per heavy atom. The molecule has 1 saturated heterocycles. The Kier molecular flexibility index (Phi) is 3.05. The molecule has 86 valence electrons. The fourth-order valence-corrected chi connectivity index (χ4v) is 1.91. The number of likely N-dealkylation sites (N-methyl/N-ethyl adjacent to an activating group) is 1. The second-order valence-electron chi connectivity index (χ2n) is 4.16. The number of carbonyl (C=O) groups is 1. The van der Waals surface area contributed by atoms with E-state index in [0.29, 0.717) is 11.4 Å². The normalized spacial score (nSPS) is 20.9. The van der Waals surface area contributed by atoms with Gasteiger partial charge in [0.25, 0.3) is 5.91 Å². The Morgan fingerprint density at radius 3 is 3.12 bits per heavy atom. The molecule has 0 aromatic carbocycles. The second kappa shape index (κ2) is 4.49. The van der Waals surface area contributed by atoms with Gasteiger partial charge in [0.2, 0.25) is 0 Å². The molecule has 1 aromatic rings. The van der Waals surface area contributed by atoms with Gasteiger partial charge in [-0.05, 0) is 32.1 Å².